The summed E-state index contributed by atoms with van der Waals surface area (Å²) < 4.78 is 12.8. The van der Waals surface area contributed by atoms with Gasteiger partial charge in [0.2, 0.25) is 0 Å². The number of nitrogens with zero attached hydrogens (tertiary/aromatic N) is 1. The maximum absolute atomic E-state index is 12.8. The number of hydrogen-bond donors (Lipinski definition) is 1. The van der Waals surface area contributed by atoms with Crippen LogP contribution in [0.3, 0.4) is 0 Å². The van der Waals surface area contributed by atoms with Crippen molar-refractivity contribution < 1.29 is 14.3 Å². The van der Waals surface area contributed by atoms with Crippen LogP contribution in [0, 0.1) is 5.82 Å². The van der Waals surface area contributed by atoms with Crippen LogP contribution in [0.2, 0.25) is 0 Å². The lowest BCUT2D eigenvalue weighted by Crippen LogP contribution is -2.46. The number of halogens is 1. The van der Waals surface area contributed by atoms with E-state index in [0.29, 0.717) is 25.1 Å². The third-order valence-electron chi connectivity index (χ3n) is 3.58. The van der Waals surface area contributed by atoms with Crippen LogP contribution in [0.25, 0.3) is 0 Å². The Morgan fingerprint density at radius 2 is 2.11 bits per heavy atom. The Morgan fingerprint density at radius 3 is 2.74 bits per heavy atom. The van der Waals surface area contributed by atoms with Crippen molar-refractivity contribution in [3.8, 4) is 0 Å². The van der Waals surface area contributed by atoms with Gasteiger partial charge in [-0.15, -0.1) is 0 Å². The maximum atomic E-state index is 12.8. The number of hydrogen-bond acceptors (Lipinski definition) is 3. The SMILES string of the molecule is CC1(O)CCCN(CCC(=O)c2ccc(F)cc2)C1. The maximum Gasteiger partial charge on any atom is 0.164 e. The van der Waals surface area contributed by atoms with Gasteiger partial charge in [-0.25, -0.2) is 4.39 Å². The number of likely N-dealkylation sites (tertiary alicyclic amines) is 1. The second kappa shape index (κ2) is 5.80. The second-order valence-electron chi connectivity index (χ2n) is 5.56. The van der Waals surface area contributed by atoms with Crippen LogP contribution in [0.15, 0.2) is 24.3 Å². The number of rotatable bonds is 4. The molecule has 4 heteroatoms. The number of Topliss-reactive ketones (excluding diaryl/α,β-unsaturated/α-hetero) is 1. The molecule has 1 saturated heterocycles. The standard InChI is InChI=1S/C15H20FNO2/c1-15(19)8-2-9-17(11-15)10-7-14(18)12-3-5-13(16)6-4-12/h3-6,19H,2,7-11H2,1H3. The fourth-order valence-corrected chi connectivity index (χ4v) is 2.55. The first-order valence-corrected chi connectivity index (χ1v) is 6.70. The number of ketones is 1. The van der Waals surface area contributed by atoms with Gasteiger partial charge >= 0.3 is 0 Å². The zero-order valence-electron chi connectivity index (χ0n) is 11.2. The summed E-state index contributed by atoms with van der Waals surface area (Å²) in [5.74, 6) is -0.311. The minimum atomic E-state index is -0.642. The molecule has 0 radical (unpaired) electrons. The van der Waals surface area contributed by atoms with E-state index in [0.717, 1.165) is 19.4 Å². The quantitative estimate of drug-likeness (QED) is 0.849. The van der Waals surface area contributed by atoms with E-state index < -0.39 is 5.60 Å². The van der Waals surface area contributed by atoms with Crippen LogP contribution in [0.5, 0.6) is 0 Å². The molecule has 1 fully saturated rings. The molecular weight excluding hydrogens is 245 g/mol. The lowest BCUT2D eigenvalue weighted by Gasteiger charge is -2.36. The molecule has 1 N–H and O–H groups in total. The molecular formula is C15H20FNO2. The molecule has 1 aliphatic heterocycles. The molecule has 0 bridgehead atoms. The van der Waals surface area contributed by atoms with Crippen molar-refractivity contribution in [1.29, 1.82) is 0 Å². The molecule has 0 aromatic heterocycles. The third-order valence-corrected chi connectivity index (χ3v) is 3.58. The zero-order chi connectivity index (χ0) is 13.9. The highest BCUT2D eigenvalue weighted by molar-refractivity contribution is 5.96. The molecule has 1 aliphatic rings. The molecule has 1 aromatic rings. The first-order valence-electron chi connectivity index (χ1n) is 6.70. The number of carbonyl (C=O) groups excluding carboxylic acids is 1. The first kappa shape index (κ1) is 14.2. The van der Waals surface area contributed by atoms with Gasteiger partial charge in [0.15, 0.2) is 5.78 Å². The molecule has 0 saturated carbocycles. The van der Waals surface area contributed by atoms with E-state index in [-0.39, 0.29) is 11.6 Å². The van der Waals surface area contributed by atoms with Crippen LogP contribution < -0.4 is 0 Å². The fraction of sp³-hybridized carbons (Fsp3) is 0.533. The first-order chi connectivity index (χ1) is 8.96. The number of aliphatic hydroxyl groups is 1. The van der Waals surface area contributed by atoms with Crippen molar-refractivity contribution in [3.63, 3.8) is 0 Å². The van der Waals surface area contributed by atoms with Crippen molar-refractivity contribution in [2.75, 3.05) is 19.6 Å². The third kappa shape index (κ3) is 4.11. The highest BCUT2D eigenvalue weighted by Gasteiger charge is 2.28. The smallest absolute Gasteiger partial charge is 0.164 e. The van der Waals surface area contributed by atoms with E-state index >= 15 is 0 Å². The fourth-order valence-electron chi connectivity index (χ4n) is 2.55. The Labute approximate surface area is 113 Å². The molecule has 1 atom stereocenters. The molecule has 19 heavy (non-hydrogen) atoms. The minimum Gasteiger partial charge on any atom is -0.389 e. The molecule has 0 spiro atoms. The Hall–Kier alpha value is -1.26. The number of carbonyl (C=O) groups is 1. The second-order valence-corrected chi connectivity index (χ2v) is 5.56. The lowest BCUT2D eigenvalue weighted by molar-refractivity contribution is -0.0153. The van der Waals surface area contributed by atoms with Crippen LogP contribution >= 0.6 is 0 Å². The van der Waals surface area contributed by atoms with E-state index in [4.69, 9.17) is 0 Å². The van der Waals surface area contributed by atoms with Gasteiger partial charge < -0.3 is 10.0 Å². The topological polar surface area (TPSA) is 40.5 Å². The summed E-state index contributed by atoms with van der Waals surface area (Å²) in [7, 11) is 0. The van der Waals surface area contributed by atoms with E-state index in [9.17, 15) is 14.3 Å². The predicted octanol–water partition coefficient (Wildman–Crippen LogP) is 2.25. The molecule has 104 valence electrons. The highest BCUT2D eigenvalue weighted by Crippen LogP contribution is 2.20. The summed E-state index contributed by atoms with van der Waals surface area (Å²) >= 11 is 0. The van der Waals surface area contributed by atoms with Crippen molar-refractivity contribution in [2.24, 2.45) is 0 Å². The molecule has 1 heterocycles. The number of β-amino-alcohol motifs (C(OH)–C–C–N with tert-alkyl or cyclic N) is 1. The summed E-state index contributed by atoms with van der Waals surface area (Å²) in [6, 6.07) is 5.64. The predicted molar refractivity (Wildman–Crippen MR) is 71.6 cm³/mol. The van der Waals surface area contributed by atoms with Crippen LogP contribution in [0.1, 0.15) is 36.5 Å². The van der Waals surface area contributed by atoms with Crippen molar-refractivity contribution in [2.45, 2.75) is 31.8 Å². The summed E-state index contributed by atoms with van der Waals surface area (Å²) in [5.41, 5.74) is -0.0952. The van der Waals surface area contributed by atoms with Gasteiger partial charge in [0.05, 0.1) is 5.60 Å². The summed E-state index contributed by atoms with van der Waals surface area (Å²) in [6.45, 7) is 4.02. The normalized spacial score (nSPS) is 24.4. The summed E-state index contributed by atoms with van der Waals surface area (Å²) in [6.07, 6.45) is 2.18. The van der Waals surface area contributed by atoms with Crippen molar-refractivity contribution >= 4 is 5.78 Å². The van der Waals surface area contributed by atoms with E-state index in [2.05, 4.69) is 4.90 Å². The van der Waals surface area contributed by atoms with Gasteiger partial charge in [-0.2, -0.15) is 0 Å². The van der Waals surface area contributed by atoms with E-state index in [1.807, 2.05) is 6.92 Å². The monoisotopic (exact) mass is 265 g/mol. The van der Waals surface area contributed by atoms with Gasteiger partial charge in [-0.3, -0.25) is 4.79 Å². The highest BCUT2D eigenvalue weighted by atomic mass is 19.1. The van der Waals surface area contributed by atoms with E-state index in [1.54, 1.807) is 0 Å². The molecule has 2 rings (SSSR count). The van der Waals surface area contributed by atoms with Crippen LogP contribution in [0.4, 0.5) is 4.39 Å². The Morgan fingerprint density at radius 1 is 1.42 bits per heavy atom. The van der Waals surface area contributed by atoms with Gasteiger partial charge in [-0.05, 0) is 50.6 Å². The van der Waals surface area contributed by atoms with Crippen molar-refractivity contribution in [1.82, 2.24) is 4.90 Å². The van der Waals surface area contributed by atoms with Gasteiger partial charge in [0, 0.05) is 25.1 Å². The number of benzene rings is 1. The Kier molecular flexibility index (Phi) is 4.32. The van der Waals surface area contributed by atoms with Crippen molar-refractivity contribution in [3.05, 3.63) is 35.6 Å². The van der Waals surface area contributed by atoms with Gasteiger partial charge in [0.25, 0.3) is 0 Å². The Bertz CT molecular complexity index is 442. The average Bonchev–Trinajstić information content (AvgIpc) is 2.36. The summed E-state index contributed by atoms with van der Waals surface area (Å²) in [5, 5.41) is 9.99. The Balaban J connectivity index is 1.85. The van der Waals surface area contributed by atoms with Crippen LogP contribution in [-0.2, 0) is 0 Å². The molecule has 0 amide bonds. The molecule has 1 aromatic carbocycles. The average molecular weight is 265 g/mol. The minimum absolute atomic E-state index is 0.0187. The molecule has 1 unspecified atom stereocenters. The molecule has 0 aliphatic carbocycles. The molecule has 3 nitrogen and oxygen atoms in total. The number of piperidine rings is 1. The van der Waals surface area contributed by atoms with Gasteiger partial charge in [0.1, 0.15) is 5.82 Å². The van der Waals surface area contributed by atoms with Gasteiger partial charge in [-0.1, -0.05) is 0 Å². The van der Waals surface area contributed by atoms with Crippen LogP contribution in [-0.4, -0.2) is 41.0 Å². The zero-order valence-corrected chi connectivity index (χ0v) is 11.2. The summed E-state index contributed by atoms with van der Waals surface area (Å²) in [4.78, 5) is 14.1. The van der Waals surface area contributed by atoms with E-state index in [1.165, 1.54) is 24.3 Å². The lowest BCUT2D eigenvalue weighted by atomic mass is 9.95. The largest absolute Gasteiger partial charge is 0.389 e.